The molecule has 33 heavy (non-hydrogen) atoms. The van der Waals surface area contributed by atoms with Crippen LogP contribution in [0.3, 0.4) is 0 Å². The zero-order valence-corrected chi connectivity index (χ0v) is 19.2. The Balaban J connectivity index is 1.82. The Bertz CT molecular complexity index is 1130. The third kappa shape index (κ3) is 5.92. The normalized spacial score (nSPS) is 15.7. The van der Waals surface area contributed by atoms with Gasteiger partial charge in [0.2, 0.25) is 0 Å². The quantitative estimate of drug-likeness (QED) is 0.466. The molecule has 2 aromatic carbocycles. The topological polar surface area (TPSA) is 121 Å². The Labute approximate surface area is 195 Å². The summed E-state index contributed by atoms with van der Waals surface area (Å²) in [5, 5.41) is 0.503. The molecule has 2 N–H and O–H groups in total. The van der Waals surface area contributed by atoms with E-state index in [0.29, 0.717) is 39.4 Å². The average molecular weight is 470 g/mol. The maximum Gasteiger partial charge on any atom is 0.337 e. The number of benzene rings is 2. The molecular weight excluding hydrogens is 446 g/mol. The van der Waals surface area contributed by atoms with E-state index in [1.54, 1.807) is 55.6 Å². The van der Waals surface area contributed by atoms with Gasteiger partial charge in [0.05, 0.1) is 29.9 Å². The molecule has 0 unspecified atom stereocenters. The van der Waals surface area contributed by atoms with Crippen molar-refractivity contribution in [3.05, 3.63) is 58.5 Å². The number of nitrogens with zero attached hydrogens (tertiary/aromatic N) is 2. The van der Waals surface area contributed by atoms with Crippen LogP contribution in [0.5, 0.6) is 11.5 Å². The van der Waals surface area contributed by atoms with Crippen molar-refractivity contribution < 1.29 is 28.6 Å². The van der Waals surface area contributed by atoms with Gasteiger partial charge in [0.15, 0.2) is 23.3 Å². The zero-order valence-electron chi connectivity index (χ0n) is 18.4. The Morgan fingerprint density at radius 1 is 1.12 bits per heavy atom. The summed E-state index contributed by atoms with van der Waals surface area (Å²) in [6, 6.07) is 11.7. The van der Waals surface area contributed by atoms with Crippen LogP contribution in [-0.4, -0.2) is 55.2 Å². The lowest BCUT2D eigenvalue weighted by Gasteiger charge is -2.11. The summed E-state index contributed by atoms with van der Waals surface area (Å²) in [6.45, 7) is 1.96. The number of likely N-dealkylation sites (N-methyl/N-ethyl adjacent to an activating group) is 1. The maximum atomic E-state index is 12.7. The van der Waals surface area contributed by atoms with Crippen LogP contribution in [-0.2, 0) is 14.3 Å². The third-order valence-electron chi connectivity index (χ3n) is 4.45. The van der Waals surface area contributed by atoms with E-state index in [1.165, 1.54) is 23.8 Å². The predicted octanol–water partition coefficient (Wildman–Crippen LogP) is 2.97. The smallest absolute Gasteiger partial charge is 0.337 e. The van der Waals surface area contributed by atoms with Gasteiger partial charge in [-0.15, -0.1) is 0 Å². The molecule has 1 fully saturated rings. The van der Waals surface area contributed by atoms with Crippen molar-refractivity contribution in [3.63, 3.8) is 0 Å². The summed E-state index contributed by atoms with van der Waals surface area (Å²) in [7, 11) is 2.96. The molecule has 3 rings (SSSR count). The fraction of sp³-hybridized carbons (Fsp3) is 0.217. The molecule has 0 aliphatic carbocycles. The first-order valence-electron chi connectivity index (χ1n) is 9.95. The van der Waals surface area contributed by atoms with Crippen LogP contribution in [0.25, 0.3) is 6.08 Å². The second kappa shape index (κ2) is 10.7. The van der Waals surface area contributed by atoms with Crippen molar-refractivity contribution in [2.75, 3.05) is 27.4 Å². The van der Waals surface area contributed by atoms with Crippen LogP contribution in [0.2, 0.25) is 0 Å². The number of amidine groups is 1. The highest BCUT2D eigenvalue weighted by Gasteiger charge is 2.30. The van der Waals surface area contributed by atoms with Crippen LogP contribution in [0.15, 0.2) is 52.4 Å². The van der Waals surface area contributed by atoms with Crippen LogP contribution < -0.4 is 15.2 Å². The molecule has 0 radical (unpaired) electrons. The number of amides is 2. The standard InChI is InChI=1S/C23H23N3O6S/c1-4-31-18-11-14(5-10-17(18)32-13-20(24)27)12-19-21(28)26(2)23(33-19)25-16-8-6-15(7-9-16)22(29)30-3/h5-12H,4,13H2,1-3H3,(H2,24,27)/b19-12+,25-23?. The predicted molar refractivity (Wildman–Crippen MR) is 126 cm³/mol. The number of ether oxygens (including phenoxy) is 3. The Morgan fingerprint density at radius 3 is 2.48 bits per heavy atom. The van der Waals surface area contributed by atoms with Crippen molar-refractivity contribution >= 4 is 46.5 Å². The average Bonchev–Trinajstić information content (AvgIpc) is 3.06. The first kappa shape index (κ1) is 23.9. The summed E-state index contributed by atoms with van der Waals surface area (Å²) >= 11 is 1.23. The van der Waals surface area contributed by atoms with E-state index in [1.807, 2.05) is 6.92 Å². The van der Waals surface area contributed by atoms with Crippen LogP contribution >= 0.6 is 11.8 Å². The van der Waals surface area contributed by atoms with E-state index in [2.05, 4.69) is 9.73 Å². The van der Waals surface area contributed by atoms with E-state index < -0.39 is 11.9 Å². The number of nitrogens with two attached hydrogens (primary N) is 1. The number of thioether (sulfide) groups is 1. The van der Waals surface area contributed by atoms with Gasteiger partial charge in [-0.3, -0.25) is 14.5 Å². The van der Waals surface area contributed by atoms with Crippen molar-refractivity contribution in [1.82, 2.24) is 4.90 Å². The summed E-state index contributed by atoms with van der Waals surface area (Å²) in [5.74, 6) is -0.391. The lowest BCUT2D eigenvalue weighted by molar-refractivity contribution is -0.121. The molecule has 1 heterocycles. The fourth-order valence-electron chi connectivity index (χ4n) is 2.85. The molecule has 172 valence electrons. The zero-order chi connectivity index (χ0) is 24.0. The number of hydrogen-bond acceptors (Lipinski definition) is 8. The third-order valence-corrected chi connectivity index (χ3v) is 5.51. The fourth-order valence-corrected chi connectivity index (χ4v) is 3.84. The second-order valence-corrected chi connectivity index (χ2v) is 7.81. The Kier molecular flexibility index (Phi) is 7.73. The molecule has 2 aromatic rings. The number of carbonyl (C=O) groups is 3. The molecule has 0 bridgehead atoms. The first-order valence-corrected chi connectivity index (χ1v) is 10.8. The molecule has 0 spiro atoms. The molecule has 1 aliphatic rings. The number of primary amides is 1. The van der Waals surface area contributed by atoms with Gasteiger partial charge < -0.3 is 19.9 Å². The molecule has 0 saturated carbocycles. The monoisotopic (exact) mass is 469 g/mol. The Morgan fingerprint density at radius 2 is 1.85 bits per heavy atom. The van der Waals surface area contributed by atoms with Gasteiger partial charge in [0.25, 0.3) is 11.8 Å². The van der Waals surface area contributed by atoms with Gasteiger partial charge in [-0.1, -0.05) is 6.07 Å². The van der Waals surface area contributed by atoms with Gasteiger partial charge >= 0.3 is 5.97 Å². The molecule has 2 amide bonds. The van der Waals surface area contributed by atoms with Gasteiger partial charge in [-0.05, 0) is 66.7 Å². The highest BCUT2D eigenvalue weighted by atomic mass is 32.2. The minimum Gasteiger partial charge on any atom is -0.490 e. The first-order chi connectivity index (χ1) is 15.8. The van der Waals surface area contributed by atoms with Crippen molar-refractivity contribution in [1.29, 1.82) is 0 Å². The minimum atomic E-state index is -0.591. The second-order valence-electron chi connectivity index (χ2n) is 6.80. The SMILES string of the molecule is CCOc1cc(/C=C2/SC(=Nc3ccc(C(=O)OC)cc3)N(C)C2=O)ccc1OCC(N)=O. The van der Waals surface area contributed by atoms with Crippen LogP contribution in [0.4, 0.5) is 5.69 Å². The van der Waals surface area contributed by atoms with Crippen molar-refractivity contribution in [3.8, 4) is 11.5 Å². The number of methoxy groups -OCH3 is 1. The van der Waals surface area contributed by atoms with E-state index in [0.717, 1.165) is 5.56 Å². The molecule has 9 nitrogen and oxygen atoms in total. The lowest BCUT2D eigenvalue weighted by atomic mass is 10.2. The molecule has 1 saturated heterocycles. The Hall–Kier alpha value is -3.79. The summed E-state index contributed by atoms with van der Waals surface area (Å²) < 4.78 is 15.7. The molecule has 1 aliphatic heterocycles. The van der Waals surface area contributed by atoms with E-state index in [4.69, 9.17) is 15.2 Å². The number of esters is 1. The maximum absolute atomic E-state index is 12.7. The summed E-state index contributed by atoms with van der Waals surface area (Å²) in [4.78, 5) is 41.8. The van der Waals surface area contributed by atoms with Crippen LogP contribution in [0.1, 0.15) is 22.8 Å². The van der Waals surface area contributed by atoms with Crippen LogP contribution in [0, 0.1) is 0 Å². The number of carbonyl (C=O) groups excluding carboxylic acids is 3. The molecule has 0 aromatic heterocycles. The number of hydrogen-bond donors (Lipinski definition) is 1. The molecule has 0 atom stereocenters. The number of aliphatic imine (C=N–C) groups is 1. The van der Waals surface area contributed by atoms with Gasteiger partial charge in [-0.2, -0.15) is 0 Å². The van der Waals surface area contributed by atoms with Crippen molar-refractivity contribution in [2.45, 2.75) is 6.92 Å². The molecule has 10 heteroatoms. The van der Waals surface area contributed by atoms with Gasteiger partial charge in [0, 0.05) is 7.05 Å². The number of rotatable bonds is 8. The van der Waals surface area contributed by atoms with Crippen molar-refractivity contribution in [2.24, 2.45) is 10.7 Å². The van der Waals surface area contributed by atoms with E-state index in [9.17, 15) is 14.4 Å². The van der Waals surface area contributed by atoms with E-state index >= 15 is 0 Å². The lowest BCUT2D eigenvalue weighted by Crippen LogP contribution is -2.23. The molecular formula is C23H23N3O6S. The summed E-state index contributed by atoms with van der Waals surface area (Å²) in [6.07, 6.45) is 1.73. The van der Waals surface area contributed by atoms with Gasteiger partial charge in [0.1, 0.15) is 0 Å². The largest absolute Gasteiger partial charge is 0.490 e. The summed E-state index contributed by atoms with van der Waals surface area (Å²) in [5.41, 5.74) is 6.87. The minimum absolute atomic E-state index is 0.197. The van der Waals surface area contributed by atoms with Gasteiger partial charge in [-0.25, -0.2) is 9.79 Å². The highest BCUT2D eigenvalue weighted by molar-refractivity contribution is 8.18. The van der Waals surface area contributed by atoms with E-state index in [-0.39, 0.29) is 12.5 Å². The highest BCUT2D eigenvalue weighted by Crippen LogP contribution is 2.35.